The third-order valence-electron chi connectivity index (χ3n) is 2.12. The summed E-state index contributed by atoms with van der Waals surface area (Å²) in [6, 6.07) is 2.51. The van der Waals surface area contributed by atoms with Crippen molar-refractivity contribution in [1.29, 1.82) is 0 Å². The second-order valence-corrected chi connectivity index (χ2v) is 5.21. The molecule has 0 saturated heterocycles. The summed E-state index contributed by atoms with van der Waals surface area (Å²) in [7, 11) is 0. The molecule has 0 aromatic carbocycles. The SMILES string of the molecule is C/C(=C/CCNC(C)C)c1sccc1Cl. The van der Waals surface area contributed by atoms with E-state index in [0.717, 1.165) is 18.0 Å². The van der Waals surface area contributed by atoms with Gasteiger partial charge in [-0.1, -0.05) is 31.5 Å². The molecule has 0 aliphatic heterocycles. The Labute approximate surface area is 101 Å². The standard InChI is InChI=1S/C12H18ClNS/c1-9(2)14-7-4-5-10(3)12-11(13)6-8-15-12/h5-6,8-9,14H,4,7H2,1-3H3/b10-5-. The van der Waals surface area contributed by atoms with E-state index in [9.17, 15) is 0 Å². The highest BCUT2D eigenvalue weighted by molar-refractivity contribution is 7.11. The number of halogens is 1. The predicted octanol–water partition coefficient (Wildman–Crippen LogP) is 4.19. The molecular formula is C12H18ClNS. The summed E-state index contributed by atoms with van der Waals surface area (Å²) in [5, 5.41) is 6.28. The van der Waals surface area contributed by atoms with E-state index in [0.29, 0.717) is 6.04 Å². The van der Waals surface area contributed by atoms with Crippen molar-refractivity contribution >= 4 is 28.5 Å². The Balaban J connectivity index is 2.43. The van der Waals surface area contributed by atoms with Crippen molar-refractivity contribution in [1.82, 2.24) is 5.32 Å². The van der Waals surface area contributed by atoms with Gasteiger partial charge in [0.1, 0.15) is 0 Å². The monoisotopic (exact) mass is 243 g/mol. The Hall–Kier alpha value is -0.310. The minimum atomic E-state index is 0.559. The van der Waals surface area contributed by atoms with Gasteiger partial charge in [0.25, 0.3) is 0 Å². The van der Waals surface area contributed by atoms with Gasteiger partial charge < -0.3 is 5.32 Å². The first-order valence-electron chi connectivity index (χ1n) is 5.24. The summed E-state index contributed by atoms with van der Waals surface area (Å²) in [6.45, 7) is 7.46. The van der Waals surface area contributed by atoms with Crippen LogP contribution in [0.1, 0.15) is 32.1 Å². The number of allylic oxidation sites excluding steroid dienone is 1. The minimum absolute atomic E-state index is 0.559. The topological polar surface area (TPSA) is 12.0 Å². The molecule has 0 radical (unpaired) electrons. The van der Waals surface area contributed by atoms with E-state index in [4.69, 9.17) is 11.6 Å². The Morgan fingerprint density at radius 3 is 2.87 bits per heavy atom. The van der Waals surface area contributed by atoms with Gasteiger partial charge in [-0.25, -0.2) is 0 Å². The van der Waals surface area contributed by atoms with Crippen molar-refractivity contribution in [2.75, 3.05) is 6.54 Å². The number of rotatable bonds is 5. The highest BCUT2D eigenvalue weighted by Crippen LogP contribution is 2.29. The lowest BCUT2D eigenvalue weighted by Gasteiger charge is -2.06. The van der Waals surface area contributed by atoms with Gasteiger partial charge in [0.05, 0.1) is 5.02 Å². The van der Waals surface area contributed by atoms with Crippen LogP contribution in [-0.4, -0.2) is 12.6 Å². The maximum Gasteiger partial charge on any atom is 0.0588 e. The molecule has 0 spiro atoms. The Bertz CT molecular complexity index is 328. The molecule has 1 N–H and O–H groups in total. The highest BCUT2D eigenvalue weighted by atomic mass is 35.5. The first-order chi connectivity index (χ1) is 7.11. The molecule has 1 aromatic heterocycles. The number of thiophene rings is 1. The van der Waals surface area contributed by atoms with Crippen molar-refractivity contribution < 1.29 is 0 Å². The molecule has 0 aliphatic carbocycles. The van der Waals surface area contributed by atoms with E-state index >= 15 is 0 Å². The molecule has 1 heterocycles. The first kappa shape index (κ1) is 12.8. The maximum absolute atomic E-state index is 6.05. The molecule has 15 heavy (non-hydrogen) atoms. The van der Waals surface area contributed by atoms with Crippen molar-refractivity contribution in [2.24, 2.45) is 0 Å². The van der Waals surface area contributed by atoms with Crippen molar-refractivity contribution in [3.63, 3.8) is 0 Å². The number of hydrogen-bond donors (Lipinski definition) is 1. The molecule has 0 atom stereocenters. The van der Waals surface area contributed by atoms with Crippen LogP contribution < -0.4 is 5.32 Å². The van der Waals surface area contributed by atoms with Crippen LogP contribution in [0.2, 0.25) is 5.02 Å². The van der Waals surface area contributed by atoms with Crippen LogP contribution in [0.15, 0.2) is 17.5 Å². The maximum atomic E-state index is 6.05. The molecule has 1 nitrogen and oxygen atoms in total. The van der Waals surface area contributed by atoms with Crippen LogP contribution in [0.4, 0.5) is 0 Å². The number of nitrogens with one attached hydrogen (secondary N) is 1. The molecule has 0 fully saturated rings. The third kappa shape index (κ3) is 4.37. The summed E-state index contributed by atoms with van der Waals surface area (Å²) in [5.74, 6) is 0. The van der Waals surface area contributed by atoms with Gasteiger partial charge in [-0.3, -0.25) is 0 Å². The summed E-state index contributed by atoms with van der Waals surface area (Å²) in [6.07, 6.45) is 3.30. The summed E-state index contributed by atoms with van der Waals surface area (Å²) in [4.78, 5) is 1.20. The average Bonchev–Trinajstić information content (AvgIpc) is 2.58. The van der Waals surface area contributed by atoms with Gasteiger partial charge in [0, 0.05) is 10.9 Å². The van der Waals surface area contributed by atoms with Crippen LogP contribution in [0.5, 0.6) is 0 Å². The minimum Gasteiger partial charge on any atom is -0.314 e. The van der Waals surface area contributed by atoms with Crippen LogP contribution in [0.3, 0.4) is 0 Å². The zero-order chi connectivity index (χ0) is 11.3. The van der Waals surface area contributed by atoms with E-state index in [-0.39, 0.29) is 0 Å². The molecule has 1 rings (SSSR count). The van der Waals surface area contributed by atoms with Crippen LogP contribution in [-0.2, 0) is 0 Å². The summed E-state index contributed by atoms with van der Waals surface area (Å²) < 4.78 is 0. The van der Waals surface area contributed by atoms with Gasteiger partial charge in [-0.15, -0.1) is 11.3 Å². The van der Waals surface area contributed by atoms with Crippen molar-refractivity contribution in [2.45, 2.75) is 33.2 Å². The summed E-state index contributed by atoms with van der Waals surface area (Å²) in [5.41, 5.74) is 1.28. The smallest absolute Gasteiger partial charge is 0.0588 e. The van der Waals surface area contributed by atoms with E-state index in [1.54, 1.807) is 11.3 Å². The second kappa shape index (κ2) is 6.31. The lowest BCUT2D eigenvalue weighted by molar-refractivity contribution is 0.595. The lowest BCUT2D eigenvalue weighted by atomic mass is 10.2. The van der Waals surface area contributed by atoms with E-state index in [2.05, 4.69) is 32.2 Å². The Morgan fingerprint density at radius 2 is 2.33 bits per heavy atom. The first-order valence-corrected chi connectivity index (χ1v) is 6.50. The van der Waals surface area contributed by atoms with Gasteiger partial charge in [0.15, 0.2) is 0 Å². The normalized spacial score (nSPS) is 12.5. The lowest BCUT2D eigenvalue weighted by Crippen LogP contribution is -2.23. The Kier molecular flexibility index (Phi) is 5.37. The fourth-order valence-corrected chi connectivity index (χ4v) is 2.54. The molecule has 3 heteroatoms. The molecule has 0 bridgehead atoms. The van der Waals surface area contributed by atoms with Gasteiger partial charge >= 0.3 is 0 Å². The quantitative estimate of drug-likeness (QED) is 0.765. The largest absolute Gasteiger partial charge is 0.314 e. The second-order valence-electron chi connectivity index (χ2n) is 3.88. The Morgan fingerprint density at radius 1 is 1.60 bits per heavy atom. The zero-order valence-electron chi connectivity index (χ0n) is 9.51. The molecule has 0 amide bonds. The van der Waals surface area contributed by atoms with Gasteiger partial charge in [-0.2, -0.15) is 0 Å². The molecule has 0 aliphatic rings. The highest BCUT2D eigenvalue weighted by Gasteiger charge is 2.02. The summed E-state index contributed by atoms with van der Waals surface area (Å²) >= 11 is 7.75. The van der Waals surface area contributed by atoms with E-state index in [1.807, 2.05) is 11.4 Å². The molecule has 84 valence electrons. The molecule has 0 saturated carbocycles. The van der Waals surface area contributed by atoms with E-state index < -0.39 is 0 Å². The van der Waals surface area contributed by atoms with Crippen LogP contribution in [0.25, 0.3) is 5.57 Å². The van der Waals surface area contributed by atoms with Crippen molar-refractivity contribution in [3.05, 3.63) is 27.4 Å². The molecular weight excluding hydrogens is 226 g/mol. The fraction of sp³-hybridized carbons (Fsp3) is 0.500. The third-order valence-corrected chi connectivity index (χ3v) is 3.60. The molecule has 1 aromatic rings. The van der Waals surface area contributed by atoms with Crippen molar-refractivity contribution in [3.8, 4) is 0 Å². The zero-order valence-corrected chi connectivity index (χ0v) is 11.1. The number of hydrogen-bond acceptors (Lipinski definition) is 2. The average molecular weight is 244 g/mol. The van der Waals surface area contributed by atoms with Crippen LogP contribution >= 0.6 is 22.9 Å². The van der Waals surface area contributed by atoms with Gasteiger partial charge in [-0.05, 0) is 36.9 Å². The fourth-order valence-electron chi connectivity index (χ4n) is 1.33. The van der Waals surface area contributed by atoms with Crippen LogP contribution in [0, 0.1) is 0 Å². The molecule has 0 unspecified atom stereocenters. The van der Waals surface area contributed by atoms with E-state index in [1.165, 1.54) is 10.5 Å². The predicted molar refractivity (Wildman–Crippen MR) is 70.7 cm³/mol. The van der Waals surface area contributed by atoms with Gasteiger partial charge in [0.2, 0.25) is 0 Å².